The van der Waals surface area contributed by atoms with Crippen molar-refractivity contribution in [3.8, 4) is 0 Å². The van der Waals surface area contributed by atoms with Crippen LogP contribution in [-0.2, 0) is 14.3 Å². The van der Waals surface area contributed by atoms with Crippen LogP contribution < -0.4 is 5.11 Å². The zero-order chi connectivity index (χ0) is 20.0. The number of aliphatic carboxylic acids is 1. The van der Waals surface area contributed by atoms with E-state index < -0.39 is 24.1 Å². The summed E-state index contributed by atoms with van der Waals surface area (Å²) in [6, 6.07) is 0. The van der Waals surface area contributed by atoms with E-state index in [0.29, 0.717) is 17.4 Å². The Labute approximate surface area is 157 Å². The van der Waals surface area contributed by atoms with Gasteiger partial charge in [0.05, 0.1) is 33.7 Å². The summed E-state index contributed by atoms with van der Waals surface area (Å²) < 4.78 is 5.68. The maximum atomic E-state index is 11.9. The summed E-state index contributed by atoms with van der Waals surface area (Å²) in [4.78, 5) is 22.7. The van der Waals surface area contributed by atoms with Gasteiger partial charge in [-0.1, -0.05) is 44.1 Å². The SMILES string of the molecule is CCCC/C=C/C/C=C/CC(O)CC(=O)OC(CC(=O)[O-])C[N+](C)(C)C. The van der Waals surface area contributed by atoms with Crippen LogP contribution in [0.1, 0.15) is 51.9 Å². The minimum atomic E-state index is -1.26. The Morgan fingerprint density at radius 3 is 2.35 bits per heavy atom. The average molecular weight is 370 g/mol. The molecule has 0 aliphatic carbocycles. The van der Waals surface area contributed by atoms with E-state index in [2.05, 4.69) is 19.1 Å². The van der Waals surface area contributed by atoms with E-state index in [9.17, 15) is 19.8 Å². The fraction of sp³-hybridized carbons (Fsp3) is 0.700. The third-order valence-corrected chi connectivity index (χ3v) is 3.58. The van der Waals surface area contributed by atoms with Gasteiger partial charge in [0.15, 0.2) is 6.10 Å². The van der Waals surface area contributed by atoms with Crippen molar-refractivity contribution in [3.05, 3.63) is 24.3 Å². The number of aliphatic hydroxyl groups excluding tert-OH is 1. The molecule has 0 bridgehead atoms. The number of aliphatic hydroxyl groups is 1. The topological polar surface area (TPSA) is 86.7 Å². The molecular formula is C20H35NO5. The number of allylic oxidation sites excluding steroid dienone is 3. The predicted octanol–water partition coefficient (Wildman–Crippen LogP) is 1.58. The molecule has 0 heterocycles. The molecule has 0 saturated carbocycles. The second kappa shape index (κ2) is 13.5. The predicted molar refractivity (Wildman–Crippen MR) is 100 cm³/mol. The number of esters is 1. The van der Waals surface area contributed by atoms with E-state index in [1.807, 2.05) is 33.3 Å². The van der Waals surface area contributed by atoms with Crippen LogP contribution in [0.2, 0.25) is 0 Å². The highest BCUT2D eigenvalue weighted by atomic mass is 16.5. The summed E-state index contributed by atoms with van der Waals surface area (Å²) in [6.07, 6.45) is 10.5. The molecular weight excluding hydrogens is 334 g/mol. The lowest BCUT2D eigenvalue weighted by atomic mass is 10.1. The number of carboxylic acid groups (broad SMARTS) is 1. The summed E-state index contributed by atoms with van der Waals surface area (Å²) in [6.45, 7) is 2.52. The smallest absolute Gasteiger partial charge is 0.308 e. The highest BCUT2D eigenvalue weighted by molar-refractivity contribution is 5.71. The summed E-state index contributed by atoms with van der Waals surface area (Å²) in [7, 11) is 5.64. The van der Waals surface area contributed by atoms with Crippen molar-refractivity contribution in [2.45, 2.75) is 64.1 Å². The summed E-state index contributed by atoms with van der Waals surface area (Å²) in [5.74, 6) is -1.85. The molecule has 2 atom stereocenters. The van der Waals surface area contributed by atoms with E-state index in [1.54, 1.807) is 0 Å². The van der Waals surface area contributed by atoms with E-state index in [1.165, 1.54) is 12.8 Å². The molecule has 0 aromatic heterocycles. The van der Waals surface area contributed by atoms with Crippen molar-refractivity contribution in [1.82, 2.24) is 0 Å². The lowest BCUT2D eigenvalue weighted by Gasteiger charge is -2.29. The third-order valence-electron chi connectivity index (χ3n) is 3.58. The Kier molecular flexibility index (Phi) is 12.7. The first-order valence-electron chi connectivity index (χ1n) is 9.32. The first kappa shape index (κ1) is 24.3. The highest BCUT2D eigenvalue weighted by Gasteiger charge is 2.23. The summed E-state index contributed by atoms with van der Waals surface area (Å²) in [5, 5.41) is 20.7. The van der Waals surface area contributed by atoms with Gasteiger partial charge in [0.25, 0.3) is 0 Å². The van der Waals surface area contributed by atoms with Crippen molar-refractivity contribution in [1.29, 1.82) is 0 Å². The van der Waals surface area contributed by atoms with E-state index in [0.717, 1.165) is 12.8 Å². The van der Waals surface area contributed by atoms with E-state index in [-0.39, 0.29) is 12.8 Å². The van der Waals surface area contributed by atoms with Crippen LogP contribution in [-0.4, -0.2) is 61.4 Å². The fourth-order valence-corrected chi connectivity index (χ4v) is 2.41. The van der Waals surface area contributed by atoms with Gasteiger partial charge in [-0.25, -0.2) is 0 Å². The zero-order valence-corrected chi connectivity index (χ0v) is 16.6. The number of ether oxygens (including phenoxy) is 1. The Morgan fingerprint density at radius 1 is 1.12 bits per heavy atom. The van der Waals surface area contributed by atoms with Crippen molar-refractivity contribution in [3.63, 3.8) is 0 Å². The molecule has 0 aromatic carbocycles. The quantitative estimate of drug-likeness (QED) is 0.217. The van der Waals surface area contributed by atoms with Crippen LogP contribution in [0.4, 0.5) is 0 Å². The number of nitrogens with zero attached hydrogens (tertiary/aromatic N) is 1. The van der Waals surface area contributed by atoms with Crippen molar-refractivity contribution in [2.24, 2.45) is 0 Å². The van der Waals surface area contributed by atoms with Gasteiger partial charge in [0, 0.05) is 12.4 Å². The largest absolute Gasteiger partial charge is 0.550 e. The molecule has 0 amide bonds. The lowest BCUT2D eigenvalue weighted by molar-refractivity contribution is -0.873. The first-order chi connectivity index (χ1) is 12.1. The van der Waals surface area contributed by atoms with Crippen LogP contribution in [0, 0.1) is 0 Å². The van der Waals surface area contributed by atoms with Crippen LogP contribution in [0.25, 0.3) is 0 Å². The second-order valence-electron chi connectivity index (χ2n) is 7.58. The molecule has 26 heavy (non-hydrogen) atoms. The van der Waals surface area contributed by atoms with Gasteiger partial charge >= 0.3 is 5.97 Å². The second-order valence-corrected chi connectivity index (χ2v) is 7.58. The molecule has 0 aliphatic rings. The van der Waals surface area contributed by atoms with Crippen LogP contribution in [0.3, 0.4) is 0 Å². The molecule has 0 aliphatic heterocycles. The Bertz CT molecular complexity index is 465. The molecule has 2 unspecified atom stereocenters. The molecule has 6 nitrogen and oxygen atoms in total. The number of rotatable bonds is 14. The minimum Gasteiger partial charge on any atom is -0.550 e. The summed E-state index contributed by atoms with van der Waals surface area (Å²) >= 11 is 0. The first-order valence-corrected chi connectivity index (χ1v) is 9.32. The summed E-state index contributed by atoms with van der Waals surface area (Å²) in [5.41, 5.74) is 0. The molecule has 6 heteroatoms. The molecule has 0 aromatic rings. The van der Waals surface area contributed by atoms with Gasteiger partial charge in [0.2, 0.25) is 0 Å². The van der Waals surface area contributed by atoms with Crippen LogP contribution in [0.5, 0.6) is 0 Å². The minimum absolute atomic E-state index is 0.155. The van der Waals surface area contributed by atoms with Gasteiger partial charge in [-0.05, 0) is 19.3 Å². The third kappa shape index (κ3) is 15.8. The maximum Gasteiger partial charge on any atom is 0.308 e. The number of quaternary nitrogens is 1. The van der Waals surface area contributed by atoms with Gasteiger partial charge in [-0.2, -0.15) is 0 Å². The number of carboxylic acids is 1. The molecule has 0 radical (unpaired) electrons. The lowest BCUT2D eigenvalue weighted by Crippen LogP contribution is -2.45. The molecule has 0 fully saturated rings. The molecule has 150 valence electrons. The fourth-order valence-electron chi connectivity index (χ4n) is 2.41. The number of carbonyl (C=O) groups excluding carboxylic acids is 2. The van der Waals surface area contributed by atoms with Crippen molar-refractivity contribution < 1.29 is 29.0 Å². The number of carbonyl (C=O) groups is 2. The molecule has 0 rings (SSSR count). The number of hydrogen-bond donors (Lipinski definition) is 1. The van der Waals surface area contributed by atoms with Crippen LogP contribution in [0.15, 0.2) is 24.3 Å². The van der Waals surface area contributed by atoms with Gasteiger partial charge in [-0.3, -0.25) is 4.79 Å². The monoisotopic (exact) mass is 369 g/mol. The van der Waals surface area contributed by atoms with Crippen molar-refractivity contribution >= 4 is 11.9 Å². The number of unbranched alkanes of at least 4 members (excludes halogenated alkanes) is 2. The Morgan fingerprint density at radius 2 is 1.77 bits per heavy atom. The Hall–Kier alpha value is -1.66. The van der Waals surface area contributed by atoms with Gasteiger partial charge in [-0.15, -0.1) is 0 Å². The number of hydrogen-bond acceptors (Lipinski definition) is 5. The molecule has 1 N–H and O–H groups in total. The van der Waals surface area contributed by atoms with Gasteiger partial charge < -0.3 is 24.2 Å². The molecule has 0 saturated heterocycles. The maximum absolute atomic E-state index is 11.9. The Balaban J connectivity index is 4.21. The van der Waals surface area contributed by atoms with E-state index in [4.69, 9.17) is 4.74 Å². The van der Waals surface area contributed by atoms with Gasteiger partial charge in [0.1, 0.15) is 6.54 Å². The molecule has 0 spiro atoms. The average Bonchev–Trinajstić information content (AvgIpc) is 2.47. The van der Waals surface area contributed by atoms with E-state index >= 15 is 0 Å². The van der Waals surface area contributed by atoms with Crippen molar-refractivity contribution in [2.75, 3.05) is 27.7 Å². The van der Waals surface area contributed by atoms with Crippen LogP contribution >= 0.6 is 0 Å². The standard InChI is InChI=1S/C20H35NO5/c1-5-6-7-8-9-10-11-12-13-17(22)14-20(25)26-18(15-19(23)24)16-21(2,3)4/h8-9,11-12,17-18,22H,5-7,10,13-16H2,1-4H3/b9-8+,12-11+. The highest BCUT2D eigenvalue weighted by Crippen LogP contribution is 2.09. The normalized spacial score (nSPS) is 14.7. The number of likely N-dealkylation sites (N-methyl/N-ethyl adjacent to an activating group) is 1. The zero-order valence-electron chi connectivity index (χ0n) is 16.6.